The number of ether oxygens (including phenoxy) is 1. The van der Waals surface area contributed by atoms with E-state index in [2.05, 4.69) is 20.4 Å². The first-order valence-electron chi connectivity index (χ1n) is 8.28. The van der Waals surface area contributed by atoms with Gasteiger partial charge in [0.2, 0.25) is 0 Å². The van der Waals surface area contributed by atoms with Gasteiger partial charge < -0.3 is 9.30 Å². The fourth-order valence-corrected chi connectivity index (χ4v) is 5.60. The summed E-state index contributed by atoms with van der Waals surface area (Å²) in [4.78, 5) is 0. The molecule has 0 saturated carbocycles. The maximum atomic E-state index is 14.1. The highest BCUT2D eigenvalue weighted by molar-refractivity contribution is 7.81. The van der Waals surface area contributed by atoms with Crippen molar-refractivity contribution >= 4 is 17.8 Å². The Morgan fingerprint density at radius 1 is 1.08 bits per heavy atom. The molecule has 0 radical (unpaired) electrons. The van der Waals surface area contributed by atoms with Gasteiger partial charge in [-0.15, -0.1) is 0 Å². The van der Waals surface area contributed by atoms with Crippen molar-refractivity contribution in [1.29, 1.82) is 0 Å². The fourth-order valence-electron chi connectivity index (χ4n) is 3.08. The van der Waals surface area contributed by atoms with Crippen molar-refractivity contribution in [2.75, 3.05) is 0 Å². The first kappa shape index (κ1) is 16.8. The first-order valence-corrected chi connectivity index (χ1v) is 10.1. The summed E-state index contributed by atoms with van der Waals surface area (Å²) in [7, 11) is -2.92. The van der Waals surface area contributed by atoms with Crippen molar-refractivity contribution in [3.05, 3.63) is 84.6 Å². The summed E-state index contributed by atoms with van der Waals surface area (Å²) < 4.78 is 20.0. The van der Waals surface area contributed by atoms with Crippen molar-refractivity contribution in [3.8, 4) is 0 Å². The molecule has 1 fully saturated rings. The molecule has 3 rings (SSSR count). The predicted octanol–water partition coefficient (Wildman–Crippen LogP) is 5.19. The van der Waals surface area contributed by atoms with Crippen molar-refractivity contribution in [1.82, 2.24) is 0 Å². The van der Waals surface area contributed by atoms with E-state index in [4.69, 9.17) is 4.74 Å². The highest BCUT2D eigenvalue weighted by Gasteiger charge is 2.39. The van der Waals surface area contributed by atoms with Crippen LogP contribution in [-0.4, -0.2) is 0 Å². The van der Waals surface area contributed by atoms with Crippen LogP contribution in [0.3, 0.4) is 0 Å². The molecule has 2 aromatic rings. The molecular formula is C21H23O2P. The van der Waals surface area contributed by atoms with Crippen LogP contribution < -0.4 is 10.6 Å². The van der Waals surface area contributed by atoms with E-state index in [9.17, 15) is 4.57 Å². The molecule has 1 unspecified atom stereocenters. The lowest BCUT2D eigenvalue weighted by Crippen LogP contribution is -2.17. The highest BCUT2D eigenvalue weighted by atomic mass is 31.2. The SMILES string of the molecule is C=C1CC(C)(CC)/C(=C/P(=O)(c2ccccc2)c2ccccc2)O1. The molecule has 0 spiro atoms. The second-order valence-electron chi connectivity index (χ2n) is 6.55. The molecule has 0 N–H and O–H groups in total. The molecule has 1 aliphatic rings. The number of allylic oxidation sites excluding steroid dienone is 2. The van der Waals surface area contributed by atoms with Crippen molar-refractivity contribution in [2.24, 2.45) is 5.41 Å². The minimum absolute atomic E-state index is 0.143. The zero-order valence-corrected chi connectivity index (χ0v) is 15.1. The Balaban J connectivity index is 2.19. The molecule has 1 heterocycles. The number of hydrogen-bond donors (Lipinski definition) is 0. The molecule has 2 nitrogen and oxygen atoms in total. The van der Waals surface area contributed by atoms with Crippen LogP contribution >= 0.6 is 7.14 Å². The van der Waals surface area contributed by atoms with E-state index in [-0.39, 0.29) is 5.41 Å². The number of benzene rings is 2. The molecule has 3 heteroatoms. The minimum atomic E-state index is -2.92. The van der Waals surface area contributed by atoms with Gasteiger partial charge in [-0.2, -0.15) is 0 Å². The maximum absolute atomic E-state index is 14.1. The van der Waals surface area contributed by atoms with Crippen molar-refractivity contribution in [2.45, 2.75) is 26.7 Å². The Hall–Kier alpha value is -2.05. The van der Waals surface area contributed by atoms with Crippen LogP contribution in [0.2, 0.25) is 0 Å². The molecule has 0 amide bonds. The topological polar surface area (TPSA) is 26.3 Å². The van der Waals surface area contributed by atoms with E-state index >= 15 is 0 Å². The van der Waals surface area contributed by atoms with Crippen LogP contribution in [0.1, 0.15) is 26.7 Å². The minimum Gasteiger partial charge on any atom is -0.466 e. The zero-order valence-electron chi connectivity index (χ0n) is 14.2. The average Bonchev–Trinajstić information content (AvgIpc) is 2.90. The lowest BCUT2D eigenvalue weighted by atomic mass is 9.84. The lowest BCUT2D eigenvalue weighted by molar-refractivity contribution is 0.289. The Kier molecular flexibility index (Phi) is 4.51. The van der Waals surface area contributed by atoms with Crippen LogP contribution in [0.15, 0.2) is 84.6 Å². The van der Waals surface area contributed by atoms with Gasteiger partial charge in [-0.3, -0.25) is 0 Å². The van der Waals surface area contributed by atoms with Crippen molar-refractivity contribution < 1.29 is 9.30 Å². The molecule has 1 atom stereocenters. The van der Waals surface area contributed by atoms with E-state index in [1.807, 2.05) is 66.5 Å². The second kappa shape index (κ2) is 6.45. The Morgan fingerprint density at radius 3 is 2.04 bits per heavy atom. The molecule has 2 aromatic carbocycles. The molecule has 0 aromatic heterocycles. The van der Waals surface area contributed by atoms with Gasteiger partial charge in [0.1, 0.15) is 5.76 Å². The van der Waals surface area contributed by atoms with E-state index in [1.54, 1.807) is 0 Å². The summed E-state index contributed by atoms with van der Waals surface area (Å²) in [5, 5.41) is 1.64. The largest absolute Gasteiger partial charge is 0.466 e. The van der Waals surface area contributed by atoms with Gasteiger partial charge in [0.05, 0.1) is 5.76 Å². The molecule has 24 heavy (non-hydrogen) atoms. The molecular weight excluding hydrogens is 315 g/mol. The summed E-state index contributed by atoms with van der Waals surface area (Å²) in [6, 6.07) is 19.3. The van der Waals surface area contributed by atoms with E-state index in [0.29, 0.717) is 0 Å². The smallest absolute Gasteiger partial charge is 0.167 e. The van der Waals surface area contributed by atoms with Gasteiger partial charge in [-0.1, -0.05) is 81.1 Å². The summed E-state index contributed by atoms with van der Waals surface area (Å²) in [5.74, 6) is 3.39. The molecule has 0 bridgehead atoms. The van der Waals surface area contributed by atoms with Crippen LogP contribution in [0.4, 0.5) is 0 Å². The predicted molar refractivity (Wildman–Crippen MR) is 101 cm³/mol. The Morgan fingerprint density at radius 2 is 1.58 bits per heavy atom. The second-order valence-corrected chi connectivity index (χ2v) is 9.16. The third kappa shape index (κ3) is 2.99. The maximum Gasteiger partial charge on any atom is 0.167 e. The third-order valence-corrected chi connectivity index (χ3v) is 7.52. The van der Waals surface area contributed by atoms with E-state index < -0.39 is 7.14 Å². The van der Waals surface area contributed by atoms with Gasteiger partial charge in [-0.05, 0) is 6.42 Å². The zero-order chi connectivity index (χ0) is 17.2. The summed E-state index contributed by atoms with van der Waals surface area (Å²) in [5.41, 5.74) is -0.143. The monoisotopic (exact) mass is 338 g/mol. The highest BCUT2D eigenvalue weighted by Crippen LogP contribution is 2.53. The average molecular weight is 338 g/mol. The van der Waals surface area contributed by atoms with Crippen molar-refractivity contribution in [3.63, 3.8) is 0 Å². The van der Waals surface area contributed by atoms with Gasteiger partial charge in [0, 0.05) is 28.3 Å². The summed E-state index contributed by atoms with van der Waals surface area (Å²) in [6.07, 6.45) is 1.69. The van der Waals surface area contributed by atoms with Gasteiger partial charge in [-0.25, -0.2) is 0 Å². The fraction of sp³-hybridized carbons (Fsp3) is 0.238. The van der Waals surface area contributed by atoms with Crippen LogP contribution in [-0.2, 0) is 9.30 Å². The lowest BCUT2D eigenvalue weighted by Gasteiger charge is -2.23. The summed E-state index contributed by atoms with van der Waals surface area (Å²) >= 11 is 0. The van der Waals surface area contributed by atoms with Gasteiger partial charge >= 0.3 is 0 Å². The van der Waals surface area contributed by atoms with Crippen LogP contribution in [0.25, 0.3) is 0 Å². The van der Waals surface area contributed by atoms with Gasteiger partial charge in [0.15, 0.2) is 7.14 Å². The number of rotatable bonds is 4. The molecule has 1 aliphatic heterocycles. The normalized spacial score (nSPS) is 22.6. The quantitative estimate of drug-likeness (QED) is 0.717. The first-order chi connectivity index (χ1) is 11.5. The van der Waals surface area contributed by atoms with E-state index in [0.717, 1.165) is 35.0 Å². The molecule has 0 aliphatic carbocycles. The Bertz CT molecular complexity index is 765. The molecule has 1 saturated heterocycles. The van der Waals surface area contributed by atoms with E-state index in [1.165, 1.54) is 0 Å². The van der Waals surface area contributed by atoms with Crippen LogP contribution in [0, 0.1) is 5.41 Å². The summed E-state index contributed by atoms with van der Waals surface area (Å²) in [6.45, 7) is 8.25. The standard InChI is InChI=1S/C21H23O2P/c1-4-21(3)15-17(2)23-20(21)16-24(22,18-11-7-5-8-12-18)19-13-9-6-10-14-19/h5-14,16H,2,4,15H2,1,3H3/b20-16-. The molecule has 124 valence electrons. The van der Waals surface area contributed by atoms with Gasteiger partial charge in [0.25, 0.3) is 0 Å². The third-order valence-electron chi connectivity index (χ3n) is 4.80. The number of hydrogen-bond acceptors (Lipinski definition) is 2. The van der Waals surface area contributed by atoms with Crippen LogP contribution in [0.5, 0.6) is 0 Å². The Labute approximate surface area is 144 Å².